The van der Waals surface area contributed by atoms with Crippen LogP contribution in [0.4, 0.5) is 17.1 Å². The summed E-state index contributed by atoms with van der Waals surface area (Å²) in [6, 6.07) is 75.7. The second kappa shape index (κ2) is 13.4. The van der Waals surface area contributed by atoms with E-state index in [0.717, 1.165) is 88.8 Å². The number of rotatable bonds is 6. The van der Waals surface area contributed by atoms with Crippen molar-refractivity contribution in [2.24, 2.45) is 0 Å². The van der Waals surface area contributed by atoms with E-state index in [4.69, 9.17) is 8.83 Å². The summed E-state index contributed by atoms with van der Waals surface area (Å²) in [6.07, 6.45) is 0. The average molecular weight is 754 g/mol. The number of furan rings is 2. The third-order valence-electron chi connectivity index (χ3n) is 11.8. The third kappa shape index (κ3) is 5.44. The summed E-state index contributed by atoms with van der Waals surface area (Å²) in [5.41, 5.74) is 13.2. The molecule has 2 heterocycles. The van der Waals surface area contributed by atoms with Crippen molar-refractivity contribution in [3.63, 3.8) is 0 Å². The Bertz CT molecular complexity index is 3560. The van der Waals surface area contributed by atoms with Gasteiger partial charge >= 0.3 is 0 Å². The van der Waals surface area contributed by atoms with E-state index in [1.54, 1.807) is 0 Å². The minimum Gasteiger partial charge on any atom is -0.455 e. The number of anilines is 3. The van der Waals surface area contributed by atoms with Crippen molar-refractivity contribution < 1.29 is 8.83 Å². The molecule has 3 heteroatoms. The molecule has 276 valence electrons. The minimum absolute atomic E-state index is 0.837. The van der Waals surface area contributed by atoms with Crippen molar-refractivity contribution in [1.82, 2.24) is 0 Å². The summed E-state index contributed by atoms with van der Waals surface area (Å²) in [7, 11) is 0. The molecule has 0 radical (unpaired) electrons. The van der Waals surface area contributed by atoms with Gasteiger partial charge < -0.3 is 13.7 Å². The molecule has 0 aliphatic carbocycles. The summed E-state index contributed by atoms with van der Waals surface area (Å²) in [4.78, 5) is 2.35. The highest BCUT2D eigenvalue weighted by Crippen LogP contribution is 2.46. The summed E-state index contributed by atoms with van der Waals surface area (Å²) >= 11 is 0. The van der Waals surface area contributed by atoms with Crippen LogP contribution in [-0.4, -0.2) is 0 Å². The Labute approximate surface area is 340 Å². The fourth-order valence-electron chi connectivity index (χ4n) is 9.09. The first-order chi connectivity index (χ1) is 29.2. The molecule has 0 bridgehead atoms. The first-order valence-electron chi connectivity index (χ1n) is 20.1. The van der Waals surface area contributed by atoms with Crippen LogP contribution in [0.25, 0.3) is 98.8 Å². The van der Waals surface area contributed by atoms with Crippen molar-refractivity contribution >= 4 is 82.5 Å². The zero-order valence-electron chi connectivity index (χ0n) is 32.0. The smallest absolute Gasteiger partial charge is 0.159 e. The zero-order chi connectivity index (χ0) is 38.9. The van der Waals surface area contributed by atoms with Crippen molar-refractivity contribution in [2.45, 2.75) is 0 Å². The molecule has 0 atom stereocenters. The molecule has 0 saturated carbocycles. The summed E-state index contributed by atoms with van der Waals surface area (Å²) in [5, 5.41) is 9.38. The van der Waals surface area contributed by atoms with Gasteiger partial charge in [-0.05, 0) is 104 Å². The van der Waals surface area contributed by atoms with Gasteiger partial charge in [-0.25, -0.2) is 0 Å². The normalized spacial score (nSPS) is 11.7. The molecule has 0 amide bonds. The fraction of sp³-hybridized carbons (Fsp3) is 0. The van der Waals surface area contributed by atoms with Crippen molar-refractivity contribution in [2.75, 3.05) is 4.90 Å². The van der Waals surface area contributed by atoms with Gasteiger partial charge in [-0.2, -0.15) is 0 Å². The lowest BCUT2D eigenvalue weighted by molar-refractivity contribution is 0.669. The standard InChI is InChI=1S/C56H35NO2/c1-2-14-36(15-3-1)39-32-40(44-22-12-23-49-47-20-8-10-26-53(47)58-55(44)49)34-42(33-39)57(52-25-13-24-50-48-21-9-11-27-54(48)59-56(50)52)41-30-28-37(29-31-41)51-35-38-16-4-5-17-43(38)45-18-6-7-19-46(45)51/h1-35H. The maximum absolute atomic E-state index is 6.75. The molecule has 12 aromatic rings. The van der Waals surface area contributed by atoms with Crippen LogP contribution in [0, 0.1) is 0 Å². The van der Waals surface area contributed by atoms with E-state index in [-0.39, 0.29) is 0 Å². The number of para-hydroxylation sites is 4. The van der Waals surface area contributed by atoms with Crippen molar-refractivity contribution in [1.29, 1.82) is 0 Å². The maximum Gasteiger partial charge on any atom is 0.159 e. The highest BCUT2D eigenvalue weighted by molar-refractivity contribution is 6.15. The Morgan fingerprint density at radius 2 is 0.864 bits per heavy atom. The molecule has 2 aromatic heterocycles. The highest BCUT2D eigenvalue weighted by atomic mass is 16.3. The van der Waals surface area contributed by atoms with Crippen molar-refractivity contribution in [3.05, 3.63) is 212 Å². The summed E-state index contributed by atoms with van der Waals surface area (Å²) in [6.45, 7) is 0. The van der Waals surface area contributed by atoms with E-state index in [1.165, 1.54) is 27.1 Å². The monoisotopic (exact) mass is 753 g/mol. The molecule has 0 aliphatic rings. The molecule has 10 aromatic carbocycles. The lowest BCUT2D eigenvalue weighted by Crippen LogP contribution is -2.10. The lowest BCUT2D eigenvalue weighted by Gasteiger charge is -2.27. The van der Waals surface area contributed by atoms with Crippen LogP contribution in [0.2, 0.25) is 0 Å². The van der Waals surface area contributed by atoms with Crippen LogP contribution in [0.1, 0.15) is 0 Å². The lowest BCUT2D eigenvalue weighted by atomic mass is 9.93. The molecule has 3 nitrogen and oxygen atoms in total. The van der Waals surface area contributed by atoms with Crippen LogP contribution in [-0.2, 0) is 0 Å². The quantitative estimate of drug-likeness (QED) is 0.158. The number of benzene rings is 10. The van der Waals surface area contributed by atoms with Gasteiger partial charge in [0, 0.05) is 38.5 Å². The molecule has 0 N–H and O–H groups in total. The molecule has 0 saturated heterocycles. The predicted octanol–water partition coefficient (Wildman–Crippen LogP) is 16.3. The molecular formula is C56H35NO2. The Balaban J connectivity index is 1.10. The molecule has 0 unspecified atom stereocenters. The van der Waals surface area contributed by atoms with Crippen LogP contribution in [0.5, 0.6) is 0 Å². The highest BCUT2D eigenvalue weighted by Gasteiger charge is 2.22. The number of fused-ring (bicyclic) bond motifs is 9. The first-order valence-corrected chi connectivity index (χ1v) is 20.1. The molecule has 12 rings (SSSR count). The van der Waals surface area contributed by atoms with Crippen LogP contribution >= 0.6 is 0 Å². The zero-order valence-corrected chi connectivity index (χ0v) is 32.0. The Kier molecular flexibility index (Phi) is 7.54. The van der Waals surface area contributed by atoms with E-state index in [0.29, 0.717) is 0 Å². The average Bonchev–Trinajstić information content (AvgIpc) is 3.89. The van der Waals surface area contributed by atoms with Gasteiger partial charge in [-0.3, -0.25) is 0 Å². The summed E-state index contributed by atoms with van der Waals surface area (Å²) in [5.74, 6) is 0. The second-order valence-corrected chi connectivity index (χ2v) is 15.2. The molecular weight excluding hydrogens is 719 g/mol. The van der Waals surface area contributed by atoms with Crippen LogP contribution in [0.3, 0.4) is 0 Å². The number of nitrogens with zero attached hydrogens (tertiary/aromatic N) is 1. The first kappa shape index (κ1) is 33.3. The Morgan fingerprint density at radius 1 is 0.288 bits per heavy atom. The summed E-state index contributed by atoms with van der Waals surface area (Å²) < 4.78 is 13.4. The van der Waals surface area contributed by atoms with E-state index < -0.39 is 0 Å². The molecule has 0 aliphatic heterocycles. The van der Waals surface area contributed by atoms with Gasteiger partial charge in [0.1, 0.15) is 16.7 Å². The Hall–Kier alpha value is -7.88. The van der Waals surface area contributed by atoms with E-state index in [1.807, 2.05) is 24.3 Å². The van der Waals surface area contributed by atoms with Gasteiger partial charge in [0.25, 0.3) is 0 Å². The predicted molar refractivity (Wildman–Crippen MR) is 247 cm³/mol. The van der Waals surface area contributed by atoms with Gasteiger partial charge in [0.05, 0.1) is 5.69 Å². The van der Waals surface area contributed by atoms with Crippen LogP contribution in [0.15, 0.2) is 221 Å². The van der Waals surface area contributed by atoms with Gasteiger partial charge in [0.15, 0.2) is 5.58 Å². The molecule has 0 fully saturated rings. The van der Waals surface area contributed by atoms with E-state index in [2.05, 4.69) is 193 Å². The maximum atomic E-state index is 6.75. The Morgan fingerprint density at radius 3 is 1.63 bits per heavy atom. The topological polar surface area (TPSA) is 29.5 Å². The van der Waals surface area contributed by atoms with Gasteiger partial charge in [-0.1, -0.05) is 158 Å². The number of hydrogen-bond donors (Lipinski definition) is 0. The van der Waals surface area contributed by atoms with E-state index >= 15 is 0 Å². The van der Waals surface area contributed by atoms with Gasteiger partial charge in [0.2, 0.25) is 0 Å². The second-order valence-electron chi connectivity index (χ2n) is 15.2. The van der Waals surface area contributed by atoms with Crippen molar-refractivity contribution in [3.8, 4) is 33.4 Å². The fourth-order valence-corrected chi connectivity index (χ4v) is 9.09. The third-order valence-corrected chi connectivity index (χ3v) is 11.8. The van der Waals surface area contributed by atoms with Crippen LogP contribution < -0.4 is 4.90 Å². The minimum atomic E-state index is 0.837. The van der Waals surface area contributed by atoms with Gasteiger partial charge in [-0.15, -0.1) is 0 Å². The SMILES string of the molecule is c1ccc(-c2cc(-c3cccc4c3oc3ccccc34)cc(N(c3ccc(-c4cc5ccccc5c5ccccc45)cc3)c3cccc4c3oc3ccccc34)c2)cc1. The number of hydrogen-bond acceptors (Lipinski definition) is 3. The van der Waals surface area contributed by atoms with E-state index in [9.17, 15) is 0 Å². The molecule has 0 spiro atoms. The largest absolute Gasteiger partial charge is 0.455 e. The molecule has 59 heavy (non-hydrogen) atoms.